The van der Waals surface area contributed by atoms with E-state index in [-0.39, 0.29) is 0 Å². The zero-order chi connectivity index (χ0) is 14.4. The van der Waals surface area contributed by atoms with Crippen molar-refractivity contribution in [3.8, 4) is 5.75 Å². The zero-order valence-corrected chi connectivity index (χ0v) is 12.4. The molecule has 0 aliphatic carbocycles. The first-order chi connectivity index (χ1) is 9.76. The van der Waals surface area contributed by atoms with Crippen LogP contribution in [0.15, 0.2) is 30.5 Å². The molecule has 1 aromatic carbocycles. The van der Waals surface area contributed by atoms with Gasteiger partial charge in [-0.2, -0.15) is 0 Å². The number of nitrogen functional groups attached to an aromatic ring is 1. The van der Waals surface area contributed by atoms with Gasteiger partial charge in [-0.3, -0.25) is 4.98 Å². The van der Waals surface area contributed by atoms with E-state index in [1.807, 2.05) is 24.3 Å². The van der Waals surface area contributed by atoms with Crippen LogP contribution in [0.3, 0.4) is 0 Å². The van der Waals surface area contributed by atoms with Crippen LogP contribution >= 0.6 is 0 Å². The highest BCUT2D eigenvalue weighted by atomic mass is 16.5. The van der Waals surface area contributed by atoms with Crippen molar-refractivity contribution >= 4 is 16.6 Å². The highest BCUT2D eigenvalue weighted by Crippen LogP contribution is 2.28. The summed E-state index contributed by atoms with van der Waals surface area (Å²) in [5.74, 6) is 1.45. The molecular formula is C17H24N2O. The van der Waals surface area contributed by atoms with Gasteiger partial charge in [-0.1, -0.05) is 33.1 Å². The van der Waals surface area contributed by atoms with E-state index < -0.39 is 0 Å². The number of rotatable bonds is 7. The van der Waals surface area contributed by atoms with Gasteiger partial charge in [0.1, 0.15) is 11.3 Å². The summed E-state index contributed by atoms with van der Waals surface area (Å²) in [6.07, 6.45) is 6.67. The summed E-state index contributed by atoms with van der Waals surface area (Å²) in [6, 6.07) is 7.71. The van der Waals surface area contributed by atoms with Gasteiger partial charge in [-0.25, -0.2) is 0 Å². The van der Waals surface area contributed by atoms with Crippen molar-refractivity contribution in [2.75, 3.05) is 12.3 Å². The normalized spacial score (nSPS) is 12.5. The number of hydrogen-bond donors (Lipinski definition) is 1. The van der Waals surface area contributed by atoms with E-state index in [0.717, 1.165) is 35.4 Å². The van der Waals surface area contributed by atoms with Crippen LogP contribution in [0, 0.1) is 5.92 Å². The molecule has 0 aliphatic heterocycles. The van der Waals surface area contributed by atoms with Crippen LogP contribution in [0.25, 0.3) is 10.9 Å². The number of nitrogens with two attached hydrogens (primary N) is 1. The quantitative estimate of drug-likeness (QED) is 0.759. The van der Waals surface area contributed by atoms with Crippen LogP contribution < -0.4 is 10.5 Å². The molecule has 2 aromatic rings. The Kier molecular flexibility index (Phi) is 5.22. The summed E-state index contributed by atoms with van der Waals surface area (Å²) >= 11 is 0. The lowest BCUT2D eigenvalue weighted by atomic mass is 10.0. The molecule has 2 rings (SSSR count). The van der Waals surface area contributed by atoms with Gasteiger partial charge in [-0.05, 0) is 36.6 Å². The lowest BCUT2D eigenvalue weighted by Gasteiger charge is -2.16. The number of aromatic nitrogens is 1. The Morgan fingerprint density at radius 1 is 1.25 bits per heavy atom. The van der Waals surface area contributed by atoms with Gasteiger partial charge < -0.3 is 10.5 Å². The maximum atomic E-state index is 6.01. The molecule has 0 amide bonds. The lowest BCUT2D eigenvalue weighted by Crippen LogP contribution is -2.11. The number of hydrogen-bond acceptors (Lipinski definition) is 3. The van der Waals surface area contributed by atoms with Gasteiger partial charge in [0.05, 0.1) is 6.61 Å². The molecule has 1 aromatic heterocycles. The van der Waals surface area contributed by atoms with Gasteiger partial charge in [0, 0.05) is 17.3 Å². The Hall–Kier alpha value is -1.77. The Morgan fingerprint density at radius 2 is 2.10 bits per heavy atom. The topological polar surface area (TPSA) is 48.1 Å². The van der Waals surface area contributed by atoms with Gasteiger partial charge >= 0.3 is 0 Å². The highest BCUT2D eigenvalue weighted by molar-refractivity contribution is 5.94. The summed E-state index contributed by atoms with van der Waals surface area (Å²) < 4.78 is 6.01. The standard InChI is InChI=1S/C17H24N2O/c1-3-5-7-13(4-2)12-20-16-10-9-15(18)14-8-6-11-19-17(14)16/h6,8-11,13H,3-5,7,12,18H2,1-2H3. The highest BCUT2D eigenvalue weighted by Gasteiger charge is 2.10. The molecule has 3 heteroatoms. The van der Waals surface area contributed by atoms with Gasteiger partial charge in [0.25, 0.3) is 0 Å². The average Bonchev–Trinajstić information content (AvgIpc) is 2.49. The Morgan fingerprint density at radius 3 is 2.85 bits per heavy atom. The van der Waals surface area contributed by atoms with Crippen LogP contribution in [0.2, 0.25) is 0 Å². The SMILES string of the molecule is CCCCC(CC)COc1ccc(N)c2cccnc12. The molecule has 0 spiro atoms. The van der Waals surface area contributed by atoms with Crippen LogP contribution in [-0.4, -0.2) is 11.6 Å². The molecular weight excluding hydrogens is 248 g/mol. The van der Waals surface area contributed by atoms with Crippen molar-refractivity contribution in [2.45, 2.75) is 39.5 Å². The predicted octanol–water partition coefficient (Wildman–Crippen LogP) is 4.41. The van der Waals surface area contributed by atoms with E-state index in [0.29, 0.717) is 5.92 Å². The molecule has 1 unspecified atom stereocenters. The maximum absolute atomic E-state index is 6.01. The molecule has 0 aliphatic rings. The van der Waals surface area contributed by atoms with E-state index in [2.05, 4.69) is 18.8 Å². The molecule has 0 radical (unpaired) electrons. The minimum atomic E-state index is 0.617. The molecule has 0 fully saturated rings. The Labute approximate surface area is 121 Å². The second-order valence-electron chi connectivity index (χ2n) is 5.28. The van der Waals surface area contributed by atoms with Crippen molar-refractivity contribution in [3.05, 3.63) is 30.5 Å². The predicted molar refractivity (Wildman–Crippen MR) is 85.0 cm³/mol. The minimum absolute atomic E-state index is 0.617. The number of unbranched alkanes of at least 4 members (excludes halogenated alkanes) is 1. The second-order valence-corrected chi connectivity index (χ2v) is 5.28. The number of pyridine rings is 1. The van der Waals surface area contributed by atoms with Gasteiger partial charge in [0.2, 0.25) is 0 Å². The molecule has 0 saturated heterocycles. The fourth-order valence-corrected chi connectivity index (χ4v) is 2.39. The number of ether oxygens (including phenoxy) is 1. The van der Waals surface area contributed by atoms with Crippen molar-refractivity contribution in [1.82, 2.24) is 4.98 Å². The zero-order valence-electron chi connectivity index (χ0n) is 12.4. The monoisotopic (exact) mass is 272 g/mol. The first-order valence-electron chi connectivity index (χ1n) is 7.52. The Bertz CT molecular complexity index is 554. The largest absolute Gasteiger partial charge is 0.491 e. The van der Waals surface area contributed by atoms with Crippen molar-refractivity contribution in [1.29, 1.82) is 0 Å². The molecule has 3 nitrogen and oxygen atoms in total. The van der Waals surface area contributed by atoms with E-state index >= 15 is 0 Å². The molecule has 1 atom stereocenters. The smallest absolute Gasteiger partial charge is 0.145 e. The summed E-state index contributed by atoms with van der Waals surface area (Å²) in [5, 5.41) is 0.964. The van der Waals surface area contributed by atoms with Gasteiger partial charge in [-0.15, -0.1) is 0 Å². The van der Waals surface area contributed by atoms with Gasteiger partial charge in [0.15, 0.2) is 0 Å². The molecule has 0 saturated carbocycles. The third kappa shape index (κ3) is 3.41. The number of nitrogens with zero attached hydrogens (tertiary/aromatic N) is 1. The molecule has 1 heterocycles. The molecule has 20 heavy (non-hydrogen) atoms. The van der Waals surface area contributed by atoms with Crippen molar-refractivity contribution in [3.63, 3.8) is 0 Å². The van der Waals surface area contributed by atoms with Crippen LogP contribution in [-0.2, 0) is 0 Å². The number of benzene rings is 1. The second kappa shape index (κ2) is 7.13. The van der Waals surface area contributed by atoms with Crippen LogP contribution in [0.5, 0.6) is 5.75 Å². The average molecular weight is 272 g/mol. The summed E-state index contributed by atoms with van der Waals surface area (Å²) in [6.45, 7) is 5.21. The minimum Gasteiger partial charge on any atom is -0.491 e. The third-order valence-corrected chi connectivity index (χ3v) is 3.78. The first-order valence-corrected chi connectivity index (χ1v) is 7.52. The van der Waals surface area contributed by atoms with Crippen molar-refractivity contribution < 1.29 is 4.74 Å². The van der Waals surface area contributed by atoms with Crippen LogP contribution in [0.4, 0.5) is 5.69 Å². The summed E-state index contributed by atoms with van der Waals surface area (Å²) in [7, 11) is 0. The molecule has 0 bridgehead atoms. The molecule has 108 valence electrons. The summed E-state index contributed by atoms with van der Waals surface area (Å²) in [5.41, 5.74) is 7.59. The van der Waals surface area contributed by atoms with Crippen molar-refractivity contribution in [2.24, 2.45) is 5.92 Å². The first kappa shape index (κ1) is 14.6. The van der Waals surface area contributed by atoms with E-state index in [9.17, 15) is 0 Å². The van der Waals surface area contributed by atoms with E-state index in [1.54, 1.807) is 6.20 Å². The third-order valence-electron chi connectivity index (χ3n) is 3.78. The molecule has 2 N–H and O–H groups in total. The number of anilines is 1. The Balaban J connectivity index is 2.11. The maximum Gasteiger partial charge on any atom is 0.145 e. The number of fused-ring (bicyclic) bond motifs is 1. The fraction of sp³-hybridized carbons (Fsp3) is 0.471. The lowest BCUT2D eigenvalue weighted by molar-refractivity contribution is 0.235. The van der Waals surface area contributed by atoms with E-state index in [1.165, 1.54) is 19.3 Å². The van der Waals surface area contributed by atoms with Crippen LogP contribution in [0.1, 0.15) is 39.5 Å². The summed E-state index contributed by atoms with van der Waals surface area (Å²) in [4.78, 5) is 4.40. The van der Waals surface area contributed by atoms with E-state index in [4.69, 9.17) is 10.5 Å². The fourth-order valence-electron chi connectivity index (χ4n) is 2.39.